The first-order chi connectivity index (χ1) is 16.8. The van der Waals surface area contributed by atoms with E-state index in [9.17, 15) is 23.9 Å². The number of carbonyl (C=O) groups excluding carboxylic acids is 2. The van der Waals surface area contributed by atoms with Gasteiger partial charge in [0.1, 0.15) is 18.4 Å². The predicted octanol–water partition coefficient (Wildman–Crippen LogP) is 3.86. The molecule has 0 saturated heterocycles. The summed E-state index contributed by atoms with van der Waals surface area (Å²) in [5.41, 5.74) is 0.610. The Morgan fingerprint density at radius 1 is 1.26 bits per heavy atom. The molecule has 184 valence electrons. The van der Waals surface area contributed by atoms with Gasteiger partial charge < -0.3 is 15.3 Å². The van der Waals surface area contributed by atoms with Crippen LogP contribution >= 0.6 is 11.6 Å². The van der Waals surface area contributed by atoms with Crippen LogP contribution in [0.3, 0.4) is 0 Å². The van der Waals surface area contributed by atoms with Crippen molar-refractivity contribution >= 4 is 40.3 Å². The van der Waals surface area contributed by atoms with E-state index in [2.05, 4.69) is 10.4 Å². The maximum absolute atomic E-state index is 14.5. The van der Waals surface area contributed by atoms with Crippen LogP contribution in [0.2, 0.25) is 5.02 Å². The highest BCUT2D eigenvalue weighted by Crippen LogP contribution is 2.30. The van der Waals surface area contributed by atoms with Crippen molar-refractivity contribution in [2.24, 2.45) is 5.92 Å². The molecule has 0 radical (unpaired) electrons. The number of carbonyl (C=O) groups is 3. The van der Waals surface area contributed by atoms with E-state index in [1.807, 2.05) is 24.3 Å². The van der Waals surface area contributed by atoms with Crippen LogP contribution in [0.1, 0.15) is 41.6 Å². The fourth-order valence-electron chi connectivity index (χ4n) is 4.71. The maximum Gasteiger partial charge on any atom is 0.335 e. The van der Waals surface area contributed by atoms with Crippen LogP contribution in [0.15, 0.2) is 42.6 Å². The number of halogens is 2. The number of hydrogen-bond acceptors (Lipinski definition) is 4. The van der Waals surface area contributed by atoms with E-state index in [-0.39, 0.29) is 41.1 Å². The molecule has 1 saturated carbocycles. The number of hydrogen-bond donors (Lipinski definition) is 2. The summed E-state index contributed by atoms with van der Waals surface area (Å²) in [5, 5.41) is 16.8. The monoisotopic (exact) mass is 500 g/mol. The van der Waals surface area contributed by atoms with Crippen LogP contribution in [0.5, 0.6) is 0 Å². The molecule has 1 aliphatic rings. The summed E-state index contributed by atoms with van der Waals surface area (Å²) in [4.78, 5) is 39.2. The number of rotatable bonds is 8. The minimum atomic E-state index is -1.25. The lowest BCUT2D eigenvalue weighted by Crippen LogP contribution is -2.51. The lowest BCUT2D eigenvalue weighted by molar-refractivity contribution is -0.141. The number of amides is 2. The van der Waals surface area contributed by atoms with E-state index in [1.54, 1.807) is 17.9 Å². The second-order valence-corrected chi connectivity index (χ2v) is 9.22. The molecule has 35 heavy (non-hydrogen) atoms. The molecule has 0 aliphatic heterocycles. The van der Waals surface area contributed by atoms with Gasteiger partial charge in [0.25, 0.3) is 0 Å². The minimum Gasteiger partial charge on any atom is -0.478 e. The van der Waals surface area contributed by atoms with Gasteiger partial charge in [0.05, 0.1) is 22.3 Å². The minimum absolute atomic E-state index is 0.0224. The number of carboxylic acid groups (broad SMARTS) is 1. The molecule has 0 spiro atoms. The topological polar surface area (TPSA) is 105 Å². The van der Waals surface area contributed by atoms with Crippen molar-refractivity contribution in [3.05, 3.63) is 64.6 Å². The molecule has 1 heterocycles. The zero-order valence-electron chi connectivity index (χ0n) is 19.2. The maximum atomic E-state index is 14.5. The third-order valence-electron chi connectivity index (χ3n) is 6.57. The summed E-state index contributed by atoms with van der Waals surface area (Å²) in [6.45, 7) is -0.272. The van der Waals surface area contributed by atoms with Crippen LogP contribution in [0.25, 0.3) is 10.9 Å². The standard InChI is InChI=1S/C25H26ClFN4O4/c1-30(21(32)14-31-20-9-5-4-8-16(20)13-29-31)23(15-6-2-3-7-15)24(33)28-12-18-10-17(25(34)35)11-19(26)22(18)27/h4-5,8-11,13,15,23H,2-3,6-7,12,14H2,1H3,(H,28,33)(H,34,35)/t23-/m0/s1. The average Bonchev–Trinajstić information content (AvgIpc) is 3.50. The summed E-state index contributed by atoms with van der Waals surface area (Å²) < 4.78 is 16.1. The predicted molar refractivity (Wildman–Crippen MR) is 128 cm³/mol. The largest absolute Gasteiger partial charge is 0.478 e. The van der Waals surface area contributed by atoms with E-state index in [4.69, 9.17) is 11.6 Å². The smallest absolute Gasteiger partial charge is 0.335 e. The van der Waals surface area contributed by atoms with Gasteiger partial charge in [-0.1, -0.05) is 42.6 Å². The first-order valence-corrected chi connectivity index (χ1v) is 11.8. The molecule has 10 heteroatoms. The molecule has 2 N–H and O–H groups in total. The number of benzene rings is 2. The second kappa shape index (κ2) is 10.4. The van der Waals surface area contributed by atoms with Gasteiger partial charge in [-0.05, 0) is 37.0 Å². The number of likely N-dealkylation sites (N-methyl/N-ethyl adjacent to an activating group) is 1. The van der Waals surface area contributed by atoms with E-state index in [1.165, 1.54) is 4.90 Å². The van der Waals surface area contributed by atoms with E-state index >= 15 is 0 Å². The number of para-hydroxylation sites is 1. The third-order valence-corrected chi connectivity index (χ3v) is 6.84. The quantitative estimate of drug-likeness (QED) is 0.488. The molecular weight excluding hydrogens is 475 g/mol. The van der Waals surface area contributed by atoms with Gasteiger partial charge in [-0.2, -0.15) is 5.10 Å². The number of aromatic nitrogens is 2. The summed E-state index contributed by atoms with van der Waals surface area (Å²) in [6.07, 6.45) is 5.22. The van der Waals surface area contributed by atoms with Crippen molar-refractivity contribution in [2.75, 3.05) is 7.05 Å². The normalized spacial score (nSPS) is 14.7. The zero-order valence-corrected chi connectivity index (χ0v) is 20.0. The number of fused-ring (bicyclic) bond motifs is 1. The van der Waals surface area contributed by atoms with Crippen molar-refractivity contribution in [2.45, 2.75) is 44.8 Å². The van der Waals surface area contributed by atoms with Crippen molar-refractivity contribution in [3.8, 4) is 0 Å². The molecule has 2 aromatic carbocycles. The molecule has 0 unspecified atom stereocenters. The zero-order chi connectivity index (χ0) is 25.1. The summed E-state index contributed by atoms with van der Waals surface area (Å²) in [7, 11) is 1.60. The Hall–Kier alpha value is -3.46. The Morgan fingerprint density at radius 3 is 2.69 bits per heavy atom. The van der Waals surface area contributed by atoms with Crippen LogP contribution in [-0.4, -0.2) is 50.7 Å². The van der Waals surface area contributed by atoms with Crippen LogP contribution in [0.4, 0.5) is 4.39 Å². The fourth-order valence-corrected chi connectivity index (χ4v) is 4.95. The highest BCUT2D eigenvalue weighted by Gasteiger charge is 2.36. The molecule has 1 aliphatic carbocycles. The van der Waals surface area contributed by atoms with Gasteiger partial charge in [-0.15, -0.1) is 0 Å². The molecule has 4 rings (SSSR count). The molecule has 0 bridgehead atoms. The number of aromatic carboxylic acids is 1. The SMILES string of the molecule is CN(C(=O)Cn1ncc2ccccc21)[C@H](C(=O)NCc1cc(C(=O)O)cc(Cl)c1F)C1CCCC1. The van der Waals surface area contributed by atoms with E-state index < -0.39 is 23.7 Å². The molecule has 1 aromatic heterocycles. The molecule has 8 nitrogen and oxygen atoms in total. The first-order valence-electron chi connectivity index (χ1n) is 11.4. The Balaban J connectivity index is 1.51. The van der Waals surface area contributed by atoms with Crippen LogP contribution in [0, 0.1) is 11.7 Å². The molecule has 2 amide bonds. The fraction of sp³-hybridized carbons (Fsp3) is 0.360. The summed E-state index contributed by atoms with van der Waals surface area (Å²) >= 11 is 5.83. The van der Waals surface area contributed by atoms with Gasteiger partial charge in [0, 0.05) is 24.5 Å². The molecular formula is C25H26ClFN4O4. The average molecular weight is 501 g/mol. The summed E-state index contributed by atoms with van der Waals surface area (Å²) in [6, 6.07) is 8.98. The number of carboxylic acids is 1. The van der Waals surface area contributed by atoms with E-state index in [0.29, 0.717) is 0 Å². The van der Waals surface area contributed by atoms with Gasteiger partial charge in [-0.25, -0.2) is 9.18 Å². The van der Waals surface area contributed by atoms with Gasteiger partial charge in [-0.3, -0.25) is 14.3 Å². The van der Waals surface area contributed by atoms with E-state index in [0.717, 1.165) is 48.7 Å². The van der Waals surface area contributed by atoms with Crippen LogP contribution < -0.4 is 5.32 Å². The van der Waals surface area contributed by atoms with Crippen molar-refractivity contribution < 1.29 is 23.9 Å². The Bertz CT molecular complexity index is 1270. The van der Waals surface area contributed by atoms with Crippen molar-refractivity contribution in [1.82, 2.24) is 20.0 Å². The van der Waals surface area contributed by atoms with Crippen molar-refractivity contribution in [3.63, 3.8) is 0 Å². The molecule has 1 atom stereocenters. The van der Waals surface area contributed by atoms with Gasteiger partial charge in [0.15, 0.2) is 0 Å². The van der Waals surface area contributed by atoms with Crippen molar-refractivity contribution in [1.29, 1.82) is 0 Å². The molecule has 1 fully saturated rings. The lowest BCUT2D eigenvalue weighted by Gasteiger charge is -2.32. The first kappa shape index (κ1) is 24.7. The Labute approximate surface area is 206 Å². The molecule has 3 aromatic rings. The van der Waals surface area contributed by atoms with Gasteiger partial charge >= 0.3 is 5.97 Å². The number of nitrogens with zero attached hydrogens (tertiary/aromatic N) is 3. The highest BCUT2D eigenvalue weighted by atomic mass is 35.5. The Kier molecular flexibility index (Phi) is 7.35. The van der Waals surface area contributed by atoms with Crippen LogP contribution in [-0.2, 0) is 22.7 Å². The third kappa shape index (κ3) is 5.30. The lowest BCUT2D eigenvalue weighted by atomic mass is 9.95. The van der Waals surface area contributed by atoms with Gasteiger partial charge in [0.2, 0.25) is 11.8 Å². The highest BCUT2D eigenvalue weighted by molar-refractivity contribution is 6.31. The number of nitrogens with one attached hydrogen (secondary N) is 1. The Morgan fingerprint density at radius 2 is 1.97 bits per heavy atom. The second-order valence-electron chi connectivity index (χ2n) is 8.81. The summed E-state index contributed by atoms with van der Waals surface area (Å²) in [5.74, 6) is -2.76.